The second kappa shape index (κ2) is 2.60. The molecule has 1 aliphatic carbocycles. The minimum absolute atomic E-state index is 0.323. The predicted octanol–water partition coefficient (Wildman–Crippen LogP) is 2.57. The van der Waals surface area contributed by atoms with Crippen molar-refractivity contribution in [2.24, 2.45) is 0 Å². The Kier molecular flexibility index (Phi) is 1.58. The minimum Gasteiger partial charge on any atom is -0.207 e. The van der Waals surface area contributed by atoms with Crippen molar-refractivity contribution in [1.29, 1.82) is 5.26 Å². The van der Waals surface area contributed by atoms with E-state index in [0.717, 1.165) is 18.4 Å². The molecule has 1 aromatic carbocycles. The third-order valence-corrected chi connectivity index (χ3v) is 2.15. The van der Waals surface area contributed by atoms with Crippen molar-refractivity contribution in [3.8, 4) is 6.07 Å². The summed E-state index contributed by atoms with van der Waals surface area (Å²) < 4.78 is 12.7. The minimum atomic E-state index is -0.323. The summed E-state index contributed by atoms with van der Waals surface area (Å²) in [5.41, 5.74) is 1.51. The number of benzene rings is 1. The number of rotatable bonds is 1. The smallest absolute Gasteiger partial charge is 0.124 e. The summed E-state index contributed by atoms with van der Waals surface area (Å²) in [6, 6.07) is 6.48. The molecule has 0 aliphatic heterocycles. The van der Waals surface area contributed by atoms with Gasteiger partial charge in [-0.15, -0.1) is 0 Å². The molecule has 1 aliphatic rings. The van der Waals surface area contributed by atoms with Crippen LogP contribution in [0, 0.1) is 17.1 Å². The van der Waals surface area contributed by atoms with E-state index in [9.17, 15) is 4.39 Å². The van der Waals surface area contributed by atoms with Crippen molar-refractivity contribution in [2.45, 2.75) is 18.8 Å². The molecule has 0 amide bonds. The van der Waals surface area contributed by atoms with E-state index in [1.165, 1.54) is 12.1 Å². The Balaban J connectivity index is 2.47. The molecule has 0 atom stereocenters. The van der Waals surface area contributed by atoms with Gasteiger partial charge in [0.2, 0.25) is 0 Å². The van der Waals surface area contributed by atoms with Crippen molar-refractivity contribution < 1.29 is 4.39 Å². The van der Waals surface area contributed by atoms with Gasteiger partial charge in [-0.3, -0.25) is 0 Å². The first-order valence-corrected chi connectivity index (χ1v) is 4.01. The summed E-state index contributed by atoms with van der Waals surface area (Å²) in [6.07, 6.45) is 2.28. The van der Waals surface area contributed by atoms with Crippen molar-refractivity contribution in [2.75, 3.05) is 0 Å². The van der Waals surface area contributed by atoms with Crippen LogP contribution in [0.25, 0.3) is 0 Å². The summed E-state index contributed by atoms with van der Waals surface area (Å²) in [5, 5.41) is 8.70. The predicted molar refractivity (Wildman–Crippen MR) is 43.1 cm³/mol. The summed E-state index contributed by atoms with van der Waals surface area (Å²) in [7, 11) is 0. The molecule has 12 heavy (non-hydrogen) atoms. The maximum atomic E-state index is 12.7. The summed E-state index contributed by atoms with van der Waals surface area (Å²) in [4.78, 5) is 0. The molecular formula is C10H8FN. The molecule has 1 aromatic rings. The highest BCUT2D eigenvalue weighted by atomic mass is 19.1. The van der Waals surface area contributed by atoms with Crippen LogP contribution in [0.1, 0.15) is 29.9 Å². The van der Waals surface area contributed by atoms with Crippen LogP contribution in [0.2, 0.25) is 0 Å². The second-order valence-electron chi connectivity index (χ2n) is 3.12. The molecular weight excluding hydrogens is 153 g/mol. The van der Waals surface area contributed by atoms with Gasteiger partial charge in [-0.05, 0) is 36.5 Å². The lowest BCUT2D eigenvalue weighted by Crippen LogP contribution is -1.87. The third kappa shape index (κ3) is 1.18. The molecule has 2 rings (SSSR count). The Morgan fingerprint density at radius 3 is 2.75 bits per heavy atom. The van der Waals surface area contributed by atoms with Crippen LogP contribution in [-0.4, -0.2) is 0 Å². The highest BCUT2D eigenvalue weighted by Gasteiger charge is 2.25. The maximum absolute atomic E-state index is 12.7. The van der Waals surface area contributed by atoms with Crippen molar-refractivity contribution in [3.05, 3.63) is 35.1 Å². The number of nitriles is 1. The van der Waals surface area contributed by atoms with Crippen LogP contribution in [0.15, 0.2) is 18.2 Å². The van der Waals surface area contributed by atoms with Gasteiger partial charge in [0.1, 0.15) is 5.82 Å². The first-order chi connectivity index (χ1) is 5.81. The summed E-state index contributed by atoms with van der Waals surface area (Å²) >= 11 is 0. The van der Waals surface area contributed by atoms with Gasteiger partial charge in [-0.2, -0.15) is 5.26 Å². The standard InChI is InChI=1S/C10H8FN/c11-9-3-4-10(7-1-2-7)8(5-9)6-12/h3-5,7H,1-2H2. The zero-order valence-electron chi connectivity index (χ0n) is 6.55. The van der Waals surface area contributed by atoms with Gasteiger partial charge in [0.15, 0.2) is 0 Å². The first-order valence-electron chi connectivity index (χ1n) is 4.01. The van der Waals surface area contributed by atoms with Crippen LogP contribution in [0.5, 0.6) is 0 Å². The number of hydrogen-bond acceptors (Lipinski definition) is 1. The summed E-state index contributed by atoms with van der Waals surface area (Å²) in [6.45, 7) is 0. The Hall–Kier alpha value is -1.36. The van der Waals surface area contributed by atoms with E-state index in [1.807, 2.05) is 6.07 Å². The van der Waals surface area contributed by atoms with E-state index < -0.39 is 0 Å². The zero-order valence-corrected chi connectivity index (χ0v) is 6.55. The number of nitrogens with zero attached hydrogens (tertiary/aromatic N) is 1. The Labute approximate surface area is 70.4 Å². The van der Waals surface area contributed by atoms with E-state index in [4.69, 9.17) is 5.26 Å². The normalized spacial score (nSPS) is 15.7. The second-order valence-corrected chi connectivity index (χ2v) is 3.12. The lowest BCUT2D eigenvalue weighted by molar-refractivity contribution is 0.626. The number of halogens is 1. The van der Waals surface area contributed by atoms with E-state index in [0.29, 0.717) is 11.5 Å². The maximum Gasteiger partial charge on any atom is 0.124 e. The van der Waals surface area contributed by atoms with Gasteiger partial charge in [0.05, 0.1) is 11.6 Å². The molecule has 0 heterocycles. The van der Waals surface area contributed by atoms with Gasteiger partial charge >= 0.3 is 0 Å². The average Bonchev–Trinajstić information content (AvgIpc) is 2.87. The van der Waals surface area contributed by atoms with Crippen molar-refractivity contribution >= 4 is 0 Å². The molecule has 1 saturated carbocycles. The van der Waals surface area contributed by atoms with Gasteiger partial charge in [0.25, 0.3) is 0 Å². The van der Waals surface area contributed by atoms with E-state index in [1.54, 1.807) is 6.07 Å². The quantitative estimate of drug-likeness (QED) is 0.621. The molecule has 0 bridgehead atoms. The monoisotopic (exact) mass is 161 g/mol. The molecule has 0 aromatic heterocycles. The van der Waals surface area contributed by atoms with Crippen molar-refractivity contribution in [3.63, 3.8) is 0 Å². The molecule has 1 fully saturated rings. The molecule has 0 saturated heterocycles. The summed E-state index contributed by atoms with van der Waals surface area (Å²) in [5.74, 6) is 0.191. The highest BCUT2D eigenvalue weighted by molar-refractivity contribution is 5.41. The van der Waals surface area contributed by atoms with Crippen LogP contribution < -0.4 is 0 Å². The number of hydrogen-bond donors (Lipinski definition) is 0. The Morgan fingerprint density at radius 1 is 1.42 bits per heavy atom. The van der Waals surface area contributed by atoms with Gasteiger partial charge in [0, 0.05) is 0 Å². The van der Waals surface area contributed by atoms with E-state index in [2.05, 4.69) is 0 Å². The van der Waals surface area contributed by atoms with Crippen LogP contribution in [0.3, 0.4) is 0 Å². The lowest BCUT2D eigenvalue weighted by atomic mass is 10.0. The van der Waals surface area contributed by atoms with Crippen LogP contribution in [0.4, 0.5) is 4.39 Å². The fraction of sp³-hybridized carbons (Fsp3) is 0.300. The van der Waals surface area contributed by atoms with E-state index in [-0.39, 0.29) is 5.82 Å². The molecule has 60 valence electrons. The van der Waals surface area contributed by atoms with Gasteiger partial charge < -0.3 is 0 Å². The van der Waals surface area contributed by atoms with Gasteiger partial charge in [-0.1, -0.05) is 6.07 Å². The molecule has 1 nitrogen and oxygen atoms in total. The Bertz CT molecular complexity index is 347. The fourth-order valence-electron chi connectivity index (χ4n) is 1.38. The molecule has 2 heteroatoms. The van der Waals surface area contributed by atoms with Crippen LogP contribution in [-0.2, 0) is 0 Å². The largest absolute Gasteiger partial charge is 0.207 e. The lowest BCUT2D eigenvalue weighted by Gasteiger charge is -1.99. The molecule has 0 unspecified atom stereocenters. The average molecular weight is 161 g/mol. The SMILES string of the molecule is N#Cc1cc(F)ccc1C1CC1. The van der Waals surface area contributed by atoms with Crippen LogP contribution >= 0.6 is 0 Å². The third-order valence-electron chi connectivity index (χ3n) is 2.15. The zero-order chi connectivity index (χ0) is 8.55. The molecule has 0 radical (unpaired) electrons. The fourth-order valence-corrected chi connectivity index (χ4v) is 1.38. The van der Waals surface area contributed by atoms with Crippen molar-refractivity contribution in [1.82, 2.24) is 0 Å². The molecule has 0 spiro atoms. The van der Waals surface area contributed by atoms with Gasteiger partial charge in [-0.25, -0.2) is 4.39 Å². The Morgan fingerprint density at radius 2 is 2.17 bits per heavy atom. The van der Waals surface area contributed by atoms with E-state index >= 15 is 0 Å². The highest BCUT2D eigenvalue weighted by Crippen LogP contribution is 2.41. The first kappa shape index (κ1) is 7.30. The topological polar surface area (TPSA) is 23.8 Å². The molecule has 0 N–H and O–H groups in total.